The van der Waals surface area contributed by atoms with Gasteiger partial charge in [-0.05, 0) is 130 Å². The Labute approximate surface area is 409 Å². The SMILES string of the molecule is c1ccc(-c2cccc(-c3ccc(N(c4ccc(-c5cccc6ccccc56)cc4)c4ccc(-c5cccc6c5-c5ccccc5C6(c5ccccc5)c5ccccc5)c5ccccc45)cc3)c2)cc1. The molecule has 0 atom stereocenters. The van der Waals surface area contributed by atoms with E-state index in [-0.39, 0.29) is 0 Å². The lowest BCUT2D eigenvalue weighted by molar-refractivity contribution is 0.768. The van der Waals surface area contributed by atoms with Crippen LogP contribution >= 0.6 is 0 Å². The van der Waals surface area contributed by atoms with Crippen LogP contribution in [0.5, 0.6) is 0 Å². The standard InChI is InChI=1S/C69H47N/c1-4-19-48(20-5-1)52-23-16-24-53(47-52)49-37-41-56(42-38-49)70(57-43-39-51(40-44-57)59-33-17-22-50-21-10-11-29-58(50)59)67-46-45-61(60-30-12-13-31-62(60)67)63-34-18-36-66-68(63)64-32-14-15-35-65(64)69(66,54-25-6-2-7-26-54)55-27-8-3-9-28-55/h1-47H. The topological polar surface area (TPSA) is 3.24 Å². The molecular weight excluding hydrogens is 843 g/mol. The van der Waals surface area contributed by atoms with Crippen molar-refractivity contribution in [3.8, 4) is 55.6 Å². The second kappa shape index (κ2) is 17.2. The number of fused-ring (bicyclic) bond motifs is 5. The normalized spacial score (nSPS) is 12.4. The number of benzene rings is 12. The van der Waals surface area contributed by atoms with Crippen LogP contribution in [0.15, 0.2) is 285 Å². The summed E-state index contributed by atoms with van der Waals surface area (Å²) in [7, 11) is 0. The highest BCUT2D eigenvalue weighted by Gasteiger charge is 2.46. The predicted molar refractivity (Wildman–Crippen MR) is 295 cm³/mol. The minimum absolute atomic E-state index is 0.482. The third-order valence-corrected chi connectivity index (χ3v) is 14.6. The van der Waals surface area contributed by atoms with Gasteiger partial charge < -0.3 is 4.90 Å². The summed E-state index contributed by atoms with van der Waals surface area (Å²) in [6.45, 7) is 0. The maximum Gasteiger partial charge on any atom is 0.0713 e. The first-order valence-electron chi connectivity index (χ1n) is 24.2. The fourth-order valence-electron chi connectivity index (χ4n) is 11.4. The van der Waals surface area contributed by atoms with Gasteiger partial charge in [0.05, 0.1) is 11.1 Å². The minimum Gasteiger partial charge on any atom is -0.310 e. The molecule has 1 heteroatoms. The smallest absolute Gasteiger partial charge is 0.0713 e. The Morgan fingerprint density at radius 3 is 1.43 bits per heavy atom. The van der Waals surface area contributed by atoms with E-state index in [1.54, 1.807) is 0 Å². The molecule has 13 rings (SSSR count). The van der Waals surface area contributed by atoms with Gasteiger partial charge >= 0.3 is 0 Å². The van der Waals surface area contributed by atoms with Crippen molar-refractivity contribution >= 4 is 38.6 Å². The number of hydrogen-bond donors (Lipinski definition) is 0. The molecule has 0 amide bonds. The highest BCUT2D eigenvalue weighted by molar-refractivity contribution is 6.09. The molecule has 12 aromatic carbocycles. The van der Waals surface area contributed by atoms with Crippen LogP contribution in [0.1, 0.15) is 22.3 Å². The van der Waals surface area contributed by atoms with Crippen LogP contribution in [0.25, 0.3) is 77.2 Å². The van der Waals surface area contributed by atoms with Crippen LogP contribution in [-0.4, -0.2) is 0 Å². The Balaban J connectivity index is 0.980. The summed E-state index contributed by atoms with van der Waals surface area (Å²) in [6.07, 6.45) is 0. The maximum absolute atomic E-state index is 2.43. The van der Waals surface area contributed by atoms with Gasteiger partial charge in [-0.25, -0.2) is 0 Å². The Bertz CT molecular complexity index is 3810. The van der Waals surface area contributed by atoms with Crippen molar-refractivity contribution in [3.05, 3.63) is 307 Å². The quantitative estimate of drug-likeness (QED) is 0.140. The van der Waals surface area contributed by atoms with Crippen LogP contribution in [0, 0.1) is 0 Å². The molecule has 1 aliphatic rings. The van der Waals surface area contributed by atoms with Crippen molar-refractivity contribution in [3.63, 3.8) is 0 Å². The van der Waals surface area contributed by atoms with E-state index in [0.717, 1.165) is 17.1 Å². The average Bonchev–Trinajstić information content (AvgIpc) is 3.75. The molecule has 0 saturated carbocycles. The van der Waals surface area contributed by atoms with Gasteiger partial charge in [0.2, 0.25) is 0 Å². The summed E-state index contributed by atoms with van der Waals surface area (Å²) in [5.41, 5.74) is 20.2. The summed E-state index contributed by atoms with van der Waals surface area (Å²) in [6, 6.07) is 105. The molecule has 0 aromatic heterocycles. The number of anilines is 3. The molecule has 0 aliphatic heterocycles. The van der Waals surface area contributed by atoms with E-state index >= 15 is 0 Å². The largest absolute Gasteiger partial charge is 0.310 e. The van der Waals surface area contributed by atoms with Crippen LogP contribution in [0.3, 0.4) is 0 Å². The van der Waals surface area contributed by atoms with Gasteiger partial charge in [0.1, 0.15) is 0 Å². The molecule has 70 heavy (non-hydrogen) atoms. The van der Waals surface area contributed by atoms with Crippen LogP contribution in [0.2, 0.25) is 0 Å². The fraction of sp³-hybridized carbons (Fsp3) is 0.0145. The zero-order chi connectivity index (χ0) is 46.4. The van der Waals surface area contributed by atoms with Crippen LogP contribution in [0.4, 0.5) is 17.1 Å². The lowest BCUT2D eigenvalue weighted by atomic mass is 9.67. The first-order valence-corrected chi connectivity index (χ1v) is 24.2. The summed E-state index contributed by atoms with van der Waals surface area (Å²) in [5, 5.41) is 4.88. The average molecular weight is 890 g/mol. The Morgan fingerprint density at radius 2 is 0.729 bits per heavy atom. The Morgan fingerprint density at radius 1 is 0.257 bits per heavy atom. The highest BCUT2D eigenvalue weighted by Crippen LogP contribution is 2.59. The molecule has 0 saturated heterocycles. The minimum atomic E-state index is -0.482. The molecule has 0 unspecified atom stereocenters. The van der Waals surface area contributed by atoms with Gasteiger partial charge in [0.25, 0.3) is 0 Å². The van der Waals surface area contributed by atoms with E-state index in [1.165, 1.54) is 99.4 Å². The van der Waals surface area contributed by atoms with Crippen molar-refractivity contribution in [2.45, 2.75) is 5.41 Å². The van der Waals surface area contributed by atoms with E-state index in [9.17, 15) is 0 Å². The lowest BCUT2D eigenvalue weighted by Crippen LogP contribution is -2.28. The van der Waals surface area contributed by atoms with Crippen molar-refractivity contribution in [1.29, 1.82) is 0 Å². The van der Waals surface area contributed by atoms with E-state index in [4.69, 9.17) is 0 Å². The molecule has 0 bridgehead atoms. The van der Waals surface area contributed by atoms with Gasteiger partial charge in [-0.15, -0.1) is 0 Å². The summed E-state index contributed by atoms with van der Waals surface area (Å²) in [5.74, 6) is 0. The van der Waals surface area contributed by atoms with Crippen molar-refractivity contribution < 1.29 is 0 Å². The number of rotatable bonds is 9. The zero-order valence-corrected chi connectivity index (χ0v) is 38.6. The summed E-state index contributed by atoms with van der Waals surface area (Å²) >= 11 is 0. The van der Waals surface area contributed by atoms with Crippen molar-refractivity contribution in [2.24, 2.45) is 0 Å². The fourth-order valence-corrected chi connectivity index (χ4v) is 11.4. The molecule has 12 aromatic rings. The molecule has 0 spiro atoms. The van der Waals surface area contributed by atoms with Gasteiger partial charge in [0, 0.05) is 16.8 Å². The van der Waals surface area contributed by atoms with Gasteiger partial charge in [-0.3, -0.25) is 0 Å². The summed E-state index contributed by atoms with van der Waals surface area (Å²) in [4.78, 5) is 2.43. The second-order valence-electron chi connectivity index (χ2n) is 18.3. The molecule has 328 valence electrons. The molecule has 1 aliphatic carbocycles. The van der Waals surface area contributed by atoms with Crippen molar-refractivity contribution in [2.75, 3.05) is 4.90 Å². The van der Waals surface area contributed by atoms with Crippen LogP contribution < -0.4 is 4.90 Å². The third-order valence-electron chi connectivity index (χ3n) is 14.6. The Kier molecular flexibility index (Phi) is 10.1. The second-order valence-corrected chi connectivity index (χ2v) is 18.3. The Hall–Kier alpha value is -9.04. The van der Waals surface area contributed by atoms with Crippen LogP contribution in [-0.2, 0) is 5.41 Å². The van der Waals surface area contributed by atoms with Gasteiger partial charge in [-0.1, -0.05) is 249 Å². The predicted octanol–water partition coefficient (Wildman–Crippen LogP) is 18.5. The molecular formula is C69H47N. The van der Waals surface area contributed by atoms with Crippen molar-refractivity contribution in [1.82, 2.24) is 0 Å². The third kappa shape index (κ3) is 6.78. The zero-order valence-electron chi connectivity index (χ0n) is 38.6. The molecule has 0 fully saturated rings. The maximum atomic E-state index is 2.43. The molecule has 0 heterocycles. The molecule has 0 N–H and O–H groups in total. The number of nitrogens with zero attached hydrogens (tertiary/aromatic N) is 1. The summed E-state index contributed by atoms with van der Waals surface area (Å²) < 4.78 is 0. The van der Waals surface area contributed by atoms with E-state index in [2.05, 4.69) is 290 Å². The van der Waals surface area contributed by atoms with E-state index < -0.39 is 5.41 Å². The van der Waals surface area contributed by atoms with Gasteiger partial charge in [-0.2, -0.15) is 0 Å². The highest BCUT2D eigenvalue weighted by atomic mass is 15.1. The first-order chi connectivity index (χ1) is 34.7. The first kappa shape index (κ1) is 41.2. The number of hydrogen-bond acceptors (Lipinski definition) is 1. The monoisotopic (exact) mass is 889 g/mol. The molecule has 1 nitrogen and oxygen atoms in total. The van der Waals surface area contributed by atoms with E-state index in [1.807, 2.05) is 0 Å². The van der Waals surface area contributed by atoms with Gasteiger partial charge in [0.15, 0.2) is 0 Å². The van der Waals surface area contributed by atoms with E-state index in [0.29, 0.717) is 0 Å². The lowest BCUT2D eigenvalue weighted by Gasteiger charge is -2.34. The molecule has 0 radical (unpaired) electrons.